The van der Waals surface area contributed by atoms with Gasteiger partial charge in [0.2, 0.25) is 5.91 Å². The van der Waals surface area contributed by atoms with Crippen LogP contribution in [0.3, 0.4) is 0 Å². The summed E-state index contributed by atoms with van der Waals surface area (Å²) in [5.41, 5.74) is 0.638. The smallest absolute Gasteiger partial charge is 0.225 e. The van der Waals surface area contributed by atoms with E-state index in [2.05, 4.69) is 17.1 Å². The topological polar surface area (TPSA) is 32.3 Å². The van der Waals surface area contributed by atoms with Gasteiger partial charge in [-0.05, 0) is 38.2 Å². The number of carbonyl (C=O) groups excluding carboxylic acids is 1. The molecule has 1 N–H and O–H groups in total. The van der Waals surface area contributed by atoms with Gasteiger partial charge < -0.3 is 10.2 Å². The van der Waals surface area contributed by atoms with Crippen LogP contribution in [-0.2, 0) is 4.79 Å². The van der Waals surface area contributed by atoms with Crippen LogP contribution in [0.2, 0.25) is 10.0 Å². The van der Waals surface area contributed by atoms with Gasteiger partial charge >= 0.3 is 0 Å². The number of unbranched alkanes of at least 4 members (excludes halogenated alkanes) is 1. The maximum Gasteiger partial charge on any atom is 0.225 e. The lowest BCUT2D eigenvalue weighted by molar-refractivity contribution is -0.116. The van der Waals surface area contributed by atoms with E-state index in [-0.39, 0.29) is 5.91 Å². The number of nitrogens with zero attached hydrogens (tertiary/aromatic N) is 1. The summed E-state index contributed by atoms with van der Waals surface area (Å²) in [5, 5.41) is 3.83. The third-order valence-corrected chi connectivity index (χ3v) is 3.20. The third kappa shape index (κ3) is 6.81. The summed E-state index contributed by atoms with van der Waals surface area (Å²) in [6.45, 7) is 3.93. The molecule has 0 aromatic heterocycles. The minimum absolute atomic E-state index is 0.0262. The Labute approximate surface area is 124 Å². The maximum absolute atomic E-state index is 11.8. The van der Waals surface area contributed by atoms with Gasteiger partial charge in [0.1, 0.15) is 0 Å². The summed E-state index contributed by atoms with van der Waals surface area (Å²) in [7, 11) is 2.03. The van der Waals surface area contributed by atoms with Crippen molar-refractivity contribution in [3.63, 3.8) is 0 Å². The van der Waals surface area contributed by atoms with E-state index >= 15 is 0 Å². The minimum atomic E-state index is -0.0262. The van der Waals surface area contributed by atoms with Gasteiger partial charge in [-0.2, -0.15) is 0 Å². The Balaban J connectivity index is 2.38. The van der Waals surface area contributed by atoms with Gasteiger partial charge in [0, 0.05) is 28.7 Å². The van der Waals surface area contributed by atoms with Crippen molar-refractivity contribution in [2.75, 3.05) is 25.5 Å². The van der Waals surface area contributed by atoms with Crippen molar-refractivity contribution in [3.05, 3.63) is 28.2 Å². The SMILES string of the molecule is CCCCN(C)CCC(=O)Nc1cc(Cl)cc(Cl)c1. The second-order valence-corrected chi connectivity index (χ2v) is 5.49. The van der Waals surface area contributed by atoms with E-state index in [1.54, 1.807) is 18.2 Å². The number of hydrogen-bond donors (Lipinski definition) is 1. The summed E-state index contributed by atoms with van der Waals surface area (Å²) in [6, 6.07) is 5.01. The molecule has 0 bridgehead atoms. The van der Waals surface area contributed by atoms with Crippen molar-refractivity contribution in [1.29, 1.82) is 0 Å². The zero-order valence-corrected chi connectivity index (χ0v) is 12.9. The first-order chi connectivity index (χ1) is 9.01. The highest BCUT2D eigenvalue weighted by atomic mass is 35.5. The summed E-state index contributed by atoms with van der Waals surface area (Å²) >= 11 is 11.7. The average Bonchev–Trinajstić information content (AvgIpc) is 2.32. The molecule has 0 spiro atoms. The summed E-state index contributed by atoms with van der Waals surface area (Å²) in [4.78, 5) is 14.0. The first-order valence-electron chi connectivity index (χ1n) is 6.45. The fourth-order valence-corrected chi connectivity index (χ4v) is 2.21. The van der Waals surface area contributed by atoms with Gasteiger partial charge in [0.15, 0.2) is 0 Å². The lowest BCUT2D eigenvalue weighted by Crippen LogP contribution is -2.25. The van der Waals surface area contributed by atoms with Crippen LogP contribution >= 0.6 is 23.2 Å². The second kappa shape index (κ2) is 8.41. The molecule has 0 aliphatic rings. The Morgan fingerprint density at radius 1 is 1.21 bits per heavy atom. The van der Waals surface area contributed by atoms with Gasteiger partial charge in [-0.15, -0.1) is 0 Å². The highest BCUT2D eigenvalue weighted by Gasteiger charge is 2.06. The normalized spacial score (nSPS) is 10.8. The summed E-state index contributed by atoms with van der Waals surface area (Å²) < 4.78 is 0. The number of rotatable bonds is 7. The van der Waals surface area contributed by atoms with E-state index in [9.17, 15) is 4.79 Å². The monoisotopic (exact) mass is 302 g/mol. The molecule has 0 atom stereocenters. The second-order valence-electron chi connectivity index (χ2n) is 4.61. The van der Waals surface area contributed by atoms with Crippen molar-refractivity contribution in [2.45, 2.75) is 26.2 Å². The van der Waals surface area contributed by atoms with Crippen LogP contribution in [0.4, 0.5) is 5.69 Å². The molecular weight excluding hydrogens is 283 g/mol. The maximum atomic E-state index is 11.8. The van der Waals surface area contributed by atoms with E-state index in [0.29, 0.717) is 22.2 Å². The van der Waals surface area contributed by atoms with Crippen LogP contribution in [0.25, 0.3) is 0 Å². The molecule has 106 valence electrons. The molecule has 5 heteroatoms. The van der Waals surface area contributed by atoms with Crippen molar-refractivity contribution >= 4 is 34.8 Å². The third-order valence-electron chi connectivity index (χ3n) is 2.76. The number of anilines is 1. The fraction of sp³-hybridized carbons (Fsp3) is 0.500. The fourth-order valence-electron chi connectivity index (χ4n) is 1.68. The van der Waals surface area contributed by atoms with E-state index in [1.807, 2.05) is 7.05 Å². The van der Waals surface area contributed by atoms with Gasteiger partial charge in [0.25, 0.3) is 0 Å². The Morgan fingerprint density at radius 3 is 2.42 bits per heavy atom. The van der Waals surface area contributed by atoms with E-state index < -0.39 is 0 Å². The highest BCUT2D eigenvalue weighted by molar-refractivity contribution is 6.35. The molecule has 0 saturated heterocycles. The Hall–Kier alpha value is -0.770. The molecule has 0 unspecified atom stereocenters. The quantitative estimate of drug-likeness (QED) is 0.824. The lowest BCUT2D eigenvalue weighted by atomic mass is 10.3. The van der Waals surface area contributed by atoms with Crippen LogP contribution in [0.15, 0.2) is 18.2 Å². The predicted molar refractivity (Wildman–Crippen MR) is 82.1 cm³/mol. The number of hydrogen-bond acceptors (Lipinski definition) is 2. The van der Waals surface area contributed by atoms with Crippen molar-refractivity contribution in [3.8, 4) is 0 Å². The molecule has 0 aliphatic heterocycles. The van der Waals surface area contributed by atoms with E-state index in [4.69, 9.17) is 23.2 Å². The average molecular weight is 303 g/mol. The molecule has 0 saturated carbocycles. The zero-order valence-electron chi connectivity index (χ0n) is 11.4. The van der Waals surface area contributed by atoms with E-state index in [0.717, 1.165) is 25.9 Å². The van der Waals surface area contributed by atoms with Crippen LogP contribution in [0.1, 0.15) is 26.2 Å². The molecule has 1 amide bonds. The molecule has 1 aromatic carbocycles. The van der Waals surface area contributed by atoms with Crippen LogP contribution in [0.5, 0.6) is 0 Å². The number of nitrogens with one attached hydrogen (secondary N) is 1. The van der Waals surface area contributed by atoms with Gasteiger partial charge in [-0.25, -0.2) is 0 Å². The largest absolute Gasteiger partial charge is 0.326 e. The summed E-state index contributed by atoms with van der Waals surface area (Å²) in [5.74, 6) is -0.0262. The molecule has 0 aliphatic carbocycles. The van der Waals surface area contributed by atoms with Crippen molar-refractivity contribution < 1.29 is 4.79 Å². The Bertz CT molecular complexity index is 404. The summed E-state index contributed by atoms with van der Waals surface area (Å²) in [6.07, 6.45) is 2.78. The van der Waals surface area contributed by atoms with E-state index in [1.165, 1.54) is 0 Å². The standard InChI is InChI=1S/C14H20Cl2N2O/c1-3-4-6-18(2)7-5-14(19)17-13-9-11(15)8-12(16)10-13/h8-10H,3-7H2,1-2H3,(H,17,19). The predicted octanol–water partition coefficient (Wildman–Crippen LogP) is 4.05. The number of halogens is 2. The van der Waals surface area contributed by atoms with Gasteiger partial charge in [0.05, 0.1) is 0 Å². The lowest BCUT2D eigenvalue weighted by Gasteiger charge is -2.15. The Kier molecular flexibility index (Phi) is 7.21. The highest BCUT2D eigenvalue weighted by Crippen LogP contribution is 2.22. The molecular formula is C14H20Cl2N2O. The van der Waals surface area contributed by atoms with Crippen molar-refractivity contribution in [1.82, 2.24) is 4.90 Å². The first-order valence-corrected chi connectivity index (χ1v) is 7.21. The van der Waals surface area contributed by atoms with Gasteiger partial charge in [-0.1, -0.05) is 36.5 Å². The molecule has 0 radical (unpaired) electrons. The number of amides is 1. The first kappa shape index (κ1) is 16.3. The number of carbonyl (C=O) groups is 1. The molecule has 19 heavy (non-hydrogen) atoms. The zero-order chi connectivity index (χ0) is 14.3. The van der Waals surface area contributed by atoms with Gasteiger partial charge in [-0.3, -0.25) is 4.79 Å². The van der Waals surface area contributed by atoms with Crippen LogP contribution < -0.4 is 5.32 Å². The van der Waals surface area contributed by atoms with Crippen LogP contribution in [-0.4, -0.2) is 30.9 Å². The molecule has 0 fully saturated rings. The Morgan fingerprint density at radius 2 is 1.84 bits per heavy atom. The molecule has 3 nitrogen and oxygen atoms in total. The molecule has 1 aromatic rings. The number of benzene rings is 1. The minimum Gasteiger partial charge on any atom is -0.326 e. The van der Waals surface area contributed by atoms with Crippen molar-refractivity contribution in [2.24, 2.45) is 0 Å². The molecule has 1 rings (SSSR count). The van der Waals surface area contributed by atoms with Crippen LogP contribution in [0, 0.1) is 0 Å². The molecule has 0 heterocycles.